The van der Waals surface area contributed by atoms with E-state index in [2.05, 4.69) is 0 Å². The number of aliphatic hydroxyl groups excluding tert-OH is 1. The van der Waals surface area contributed by atoms with Crippen molar-refractivity contribution in [1.29, 1.82) is 0 Å². The third-order valence-electron chi connectivity index (χ3n) is 2.18. The van der Waals surface area contributed by atoms with Crippen LogP contribution >= 0.6 is 7.60 Å². The van der Waals surface area contributed by atoms with Gasteiger partial charge in [0.05, 0.1) is 6.10 Å². The lowest BCUT2D eigenvalue weighted by atomic mass is 9.86. The van der Waals surface area contributed by atoms with E-state index in [0.29, 0.717) is 5.82 Å². The molecule has 2 radical (unpaired) electrons. The van der Waals surface area contributed by atoms with Crippen molar-refractivity contribution in [2.24, 2.45) is 5.92 Å². The van der Waals surface area contributed by atoms with Crippen molar-refractivity contribution in [2.75, 3.05) is 0 Å². The van der Waals surface area contributed by atoms with E-state index < -0.39 is 25.8 Å². The molecule has 14 heavy (non-hydrogen) atoms. The van der Waals surface area contributed by atoms with E-state index in [1.165, 1.54) is 0 Å². The third-order valence-corrected chi connectivity index (χ3v) is 2.74. The summed E-state index contributed by atoms with van der Waals surface area (Å²) in [6.07, 6.45) is -0.421. The minimum Gasteiger partial charge on any atom is -0.390 e. The van der Waals surface area contributed by atoms with Gasteiger partial charge in [-0.1, -0.05) is 6.92 Å². The molecule has 1 aliphatic rings. The van der Waals surface area contributed by atoms with Crippen LogP contribution in [0.2, 0.25) is 0 Å². The van der Waals surface area contributed by atoms with E-state index in [-0.39, 0.29) is 5.92 Å². The maximum Gasteiger partial charge on any atom is 0.348 e. The van der Waals surface area contributed by atoms with Gasteiger partial charge in [-0.3, -0.25) is 4.57 Å². The summed E-state index contributed by atoms with van der Waals surface area (Å²) >= 11 is 0. The van der Waals surface area contributed by atoms with Crippen LogP contribution in [0.3, 0.4) is 0 Å². The first kappa shape index (κ1) is 11.9. The van der Waals surface area contributed by atoms with Gasteiger partial charge in [0.25, 0.3) is 0 Å². The number of ether oxygens (including phenoxy) is 1. The van der Waals surface area contributed by atoms with Crippen LogP contribution in [-0.2, 0) is 9.30 Å². The predicted octanol–water partition coefficient (Wildman–Crippen LogP) is -0.432. The van der Waals surface area contributed by atoms with Crippen molar-refractivity contribution in [2.45, 2.75) is 25.1 Å². The van der Waals surface area contributed by atoms with Crippen LogP contribution in [0.1, 0.15) is 6.92 Å². The maximum absolute atomic E-state index is 10.5. The molecule has 3 N–H and O–H groups in total. The summed E-state index contributed by atoms with van der Waals surface area (Å²) in [6.45, 7) is 1.71. The minimum atomic E-state index is -4.20. The van der Waals surface area contributed by atoms with Crippen LogP contribution in [-0.4, -0.2) is 41.0 Å². The lowest BCUT2D eigenvalue weighted by Gasteiger charge is -2.11. The van der Waals surface area contributed by atoms with Crippen LogP contribution in [0.25, 0.3) is 0 Å². The molecular weight excluding hydrogens is 206 g/mol. The van der Waals surface area contributed by atoms with Crippen LogP contribution in [0.4, 0.5) is 0 Å². The van der Waals surface area contributed by atoms with Crippen LogP contribution in [0.5, 0.6) is 0 Å². The first-order valence-electron chi connectivity index (χ1n) is 4.15. The monoisotopic (exact) mass is 218 g/mol. The molecule has 0 aliphatic carbocycles. The number of aliphatic hydroxyl groups is 1. The maximum atomic E-state index is 10.5. The highest BCUT2D eigenvalue weighted by Gasteiger charge is 2.36. The van der Waals surface area contributed by atoms with Crippen molar-refractivity contribution < 1.29 is 24.2 Å². The van der Waals surface area contributed by atoms with Crippen LogP contribution in [0, 0.1) is 5.92 Å². The molecule has 1 fully saturated rings. The van der Waals surface area contributed by atoms with Crippen molar-refractivity contribution in [3.8, 4) is 0 Å². The zero-order valence-corrected chi connectivity index (χ0v) is 8.54. The van der Waals surface area contributed by atoms with Crippen molar-refractivity contribution in [3.63, 3.8) is 0 Å². The second-order valence-corrected chi connectivity index (χ2v) is 4.82. The van der Waals surface area contributed by atoms with Gasteiger partial charge in [-0.2, -0.15) is 0 Å². The summed E-state index contributed by atoms with van der Waals surface area (Å²) in [5, 5.41) is 9.52. The summed E-state index contributed by atoms with van der Waals surface area (Å²) in [7, 11) is 1.29. The van der Waals surface area contributed by atoms with Gasteiger partial charge < -0.3 is 19.6 Å². The Balaban J connectivity index is 2.64. The Morgan fingerprint density at radius 3 is 2.43 bits per heavy atom. The number of hydrogen-bond acceptors (Lipinski definition) is 3. The molecule has 78 valence electrons. The van der Waals surface area contributed by atoms with Crippen molar-refractivity contribution in [1.82, 2.24) is 0 Å². The summed E-state index contributed by atoms with van der Waals surface area (Å²) in [5.41, 5.74) is 0. The molecule has 1 rings (SSSR count). The fourth-order valence-corrected chi connectivity index (χ4v) is 1.63. The minimum absolute atomic E-state index is 0.249. The van der Waals surface area contributed by atoms with Crippen molar-refractivity contribution in [3.05, 3.63) is 11.9 Å². The zero-order chi connectivity index (χ0) is 10.9. The van der Waals surface area contributed by atoms with Crippen LogP contribution in [0.15, 0.2) is 11.9 Å². The lowest BCUT2D eigenvalue weighted by molar-refractivity contribution is 0.0635. The normalized spacial score (nSPS) is 39.4. The van der Waals surface area contributed by atoms with E-state index in [9.17, 15) is 9.67 Å². The van der Waals surface area contributed by atoms with Gasteiger partial charge >= 0.3 is 7.60 Å². The quantitative estimate of drug-likeness (QED) is 0.432. The molecule has 5 nitrogen and oxygen atoms in total. The fourth-order valence-electron chi connectivity index (χ4n) is 1.24. The smallest absolute Gasteiger partial charge is 0.348 e. The van der Waals surface area contributed by atoms with E-state index in [1.54, 1.807) is 6.92 Å². The molecule has 4 atom stereocenters. The first-order valence-corrected chi connectivity index (χ1v) is 5.83. The molecule has 1 heterocycles. The highest BCUT2D eigenvalue weighted by atomic mass is 31.2. The molecule has 0 spiro atoms. The van der Waals surface area contributed by atoms with E-state index in [1.807, 2.05) is 0 Å². The van der Waals surface area contributed by atoms with Gasteiger partial charge in [0.2, 0.25) is 0 Å². The Kier molecular flexibility index (Phi) is 3.56. The lowest BCUT2D eigenvalue weighted by Crippen LogP contribution is -2.24. The molecule has 1 unspecified atom stereocenters. The Morgan fingerprint density at radius 1 is 1.50 bits per heavy atom. The van der Waals surface area contributed by atoms with Gasteiger partial charge in [-0.15, -0.1) is 0 Å². The van der Waals surface area contributed by atoms with E-state index >= 15 is 0 Å². The number of rotatable bonds is 2. The third kappa shape index (κ3) is 2.93. The molecule has 7 heteroatoms. The molecule has 1 saturated heterocycles. The van der Waals surface area contributed by atoms with E-state index in [4.69, 9.17) is 22.4 Å². The largest absolute Gasteiger partial charge is 0.390 e. The average molecular weight is 218 g/mol. The topological polar surface area (TPSA) is 87.0 Å². The summed E-state index contributed by atoms with van der Waals surface area (Å²) < 4.78 is 15.6. The molecule has 0 saturated carbocycles. The molecule has 0 aromatic rings. The summed E-state index contributed by atoms with van der Waals surface area (Å²) in [6, 6.07) is -0.601. The molecular formula is C7H12BO5P. The van der Waals surface area contributed by atoms with Gasteiger partial charge in [0.15, 0.2) is 0 Å². The van der Waals surface area contributed by atoms with Gasteiger partial charge in [0.1, 0.15) is 14.0 Å². The Hall–Kier alpha value is -0.125. The second kappa shape index (κ2) is 4.17. The highest BCUT2D eigenvalue weighted by molar-refractivity contribution is 7.55. The average Bonchev–Trinajstić information content (AvgIpc) is 2.28. The molecule has 0 amide bonds. The Labute approximate surface area is 83.3 Å². The van der Waals surface area contributed by atoms with Gasteiger partial charge in [0, 0.05) is 17.7 Å². The summed E-state index contributed by atoms with van der Waals surface area (Å²) in [5.74, 6) is 0.465. The number of hydrogen-bond donors (Lipinski definition) is 3. The van der Waals surface area contributed by atoms with Gasteiger partial charge in [-0.25, -0.2) is 0 Å². The zero-order valence-electron chi connectivity index (χ0n) is 7.65. The van der Waals surface area contributed by atoms with Crippen molar-refractivity contribution >= 4 is 15.4 Å². The van der Waals surface area contributed by atoms with E-state index in [0.717, 1.165) is 6.08 Å². The summed E-state index contributed by atoms with van der Waals surface area (Å²) in [4.78, 5) is 17.1. The fraction of sp³-hybridized carbons (Fsp3) is 0.714. The highest BCUT2D eigenvalue weighted by Crippen LogP contribution is 2.37. The first-order chi connectivity index (χ1) is 6.31. The second-order valence-electron chi connectivity index (χ2n) is 3.35. The van der Waals surface area contributed by atoms with Gasteiger partial charge in [-0.05, 0) is 6.08 Å². The predicted molar refractivity (Wildman–Crippen MR) is 50.8 cm³/mol. The Bertz CT molecular complexity index is 275. The standard InChI is InChI=1S/C7H12BO5P/c1-4-6(9)5(13-7(4)8)2-3-14(10,11)12/h2-7,9H,1H3,(H2,10,11,12)/b3-2+/t4-,5+,6?,7+/m0/s1. The molecule has 1 aliphatic heterocycles. The molecule has 0 bridgehead atoms. The SMILES string of the molecule is [B][C@@H]1O[C@H](/C=C/P(=O)(O)O)C(O)[C@@H]1C. The molecule has 0 aromatic heterocycles. The van der Waals surface area contributed by atoms with Crippen LogP contribution < -0.4 is 0 Å². The molecule has 0 aromatic carbocycles. The Morgan fingerprint density at radius 2 is 2.07 bits per heavy atom.